The molecule has 1 N–H and O–H groups in total. The number of fused-ring (bicyclic) bond motifs is 3. The molecule has 1 aliphatic heterocycles. The number of hydrogen-bond donors (Lipinski definition) is 1. The molecule has 3 heteroatoms. The van der Waals surface area contributed by atoms with E-state index >= 15 is 0 Å². The first kappa shape index (κ1) is 14.8. The maximum atomic E-state index is 10.1. The van der Waals surface area contributed by atoms with Crippen LogP contribution in [0.5, 0.6) is 5.75 Å². The number of phenolic OH excluding ortho intramolecular Hbond substituents is 1. The Hall–Kier alpha value is -2.55. The summed E-state index contributed by atoms with van der Waals surface area (Å²) in [7, 11) is 0. The Balaban J connectivity index is 2.22. The van der Waals surface area contributed by atoms with Crippen LogP contribution in [0.1, 0.15) is 44.5 Å². The highest BCUT2D eigenvalue weighted by atomic mass is 16.3. The molecule has 2 aromatic heterocycles. The smallest absolute Gasteiger partial charge is 0.145 e. The summed E-state index contributed by atoms with van der Waals surface area (Å²) in [5.41, 5.74) is 6.00. The van der Waals surface area contributed by atoms with Crippen LogP contribution >= 0.6 is 0 Å². The van der Waals surface area contributed by atoms with Crippen molar-refractivity contribution in [3.63, 3.8) is 0 Å². The molecule has 5 rings (SSSR count). The van der Waals surface area contributed by atoms with E-state index in [1.54, 1.807) is 6.07 Å². The van der Waals surface area contributed by atoms with Gasteiger partial charge in [0.1, 0.15) is 11.4 Å². The Kier molecular flexibility index (Phi) is 2.46. The van der Waals surface area contributed by atoms with Gasteiger partial charge in [-0.2, -0.15) is 0 Å². The Labute approximate surface area is 146 Å². The van der Waals surface area contributed by atoms with Gasteiger partial charge in [-0.15, -0.1) is 0 Å². The van der Waals surface area contributed by atoms with Crippen molar-refractivity contribution in [2.75, 3.05) is 0 Å². The number of hydrogen-bond acceptors (Lipinski definition) is 2. The fourth-order valence-electron chi connectivity index (χ4n) is 4.57. The van der Waals surface area contributed by atoms with Gasteiger partial charge in [-0.05, 0) is 41.6 Å². The summed E-state index contributed by atoms with van der Waals surface area (Å²) < 4.78 is 2.32. The zero-order valence-corrected chi connectivity index (χ0v) is 15.3. The van der Waals surface area contributed by atoms with Crippen molar-refractivity contribution < 1.29 is 5.11 Å². The summed E-state index contributed by atoms with van der Waals surface area (Å²) in [6.07, 6.45) is 2.02. The van der Waals surface area contributed by atoms with Crippen LogP contribution in [0.4, 0.5) is 0 Å². The van der Waals surface area contributed by atoms with E-state index in [9.17, 15) is 5.11 Å². The molecular formula is C22H22N2O. The molecule has 0 aliphatic carbocycles. The SMILES string of the molecule is Cc1ccc2c3c1c1ccc(O)cc1c1ncc(n13)C(C)(C)C2(C)C. The van der Waals surface area contributed by atoms with Crippen LogP contribution in [-0.4, -0.2) is 14.5 Å². The van der Waals surface area contributed by atoms with Crippen LogP contribution in [-0.2, 0) is 10.8 Å². The first-order chi connectivity index (χ1) is 11.7. The van der Waals surface area contributed by atoms with Gasteiger partial charge in [0, 0.05) is 33.5 Å². The maximum Gasteiger partial charge on any atom is 0.145 e. The van der Waals surface area contributed by atoms with Gasteiger partial charge in [0.2, 0.25) is 0 Å². The molecule has 2 aromatic carbocycles. The van der Waals surface area contributed by atoms with E-state index in [0.717, 1.165) is 16.4 Å². The molecule has 0 radical (unpaired) electrons. The molecule has 0 fully saturated rings. The van der Waals surface area contributed by atoms with E-state index in [-0.39, 0.29) is 16.6 Å². The fraction of sp³-hybridized carbons (Fsp3) is 0.318. The first-order valence-corrected chi connectivity index (χ1v) is 8.81. The number of pyridine rings is 1. The lowest BCUT2D eigenvalue weighted by Crippen LogP contribution is -2.44. The van der Waals surface area contributed by atoms with Crippen molar-refractivity contribution in [1.29, 1.82) is 0 Å². The zero-order valence-electron chi connectivity index (χ0n) is 15.3. The average Bonchev–Trinajstić information content (AvgIpc) is 2.99. The topological polar surface area (TPSA) is 37.5 Å². The van der Waals surface area contributed by atoms with Crippen molar-refractivity contribution in [3.8, 4) is 5.75 Å². The summed E-state index contributed by atoms with van der Waals surface area (Å²) in [5, 5.41) is 13.5. The molecule has 0 amide bonds. The molecule has 0 bridgehead atoms. The number of aromatic hydroxyl groups is 1. The molecule has 4 aromatic rings. The molecule has 25 heavy (non-hydrogen) atoms. The number of benzene rings is 2. The van der Waals surface area contributed by atoms with Crippen LogP contribution in [0.2, 0.25) is 0 Å². The Morgan fingerprint density at radius 2 is 1.72 bits per heavy atom. The van der Waals surface area contributed by atoms with Gasteiger partial charge in [0.25, 0.3) is 0 Å². The van der Waals surface area contributed by atoms with Crippen LogP contribution in [0.3, 0.4) is 0 Å². The summed E-state index contributed by atoms with van der Waals surface area (Å²) in [6.45, 7) is 11.4. The number of aryl methyl sites for hydroxylation is 1. The molecule has 3 heterocycles. The van der Waals surface area contributed by atoms with E-state index in [2.05, 4.69) is 51.2 Å². The van der Waals surface area contributed by atoms with Gasteiger partial charge >= 0.3 is 0 Å². The highest BCUT2D eigenvalue weighted by Gasteiger charge is 2.46. The highest BCUT2D eigenvalue weighted by molar-refractivity contribution is 6.14. The minimum absolute atomic E-state index is 0.00743. The third kappa shape index (κ3) is 1.50. The fourth-order valence-corrected chi connectivity index (χ4v) is 4.57. The second-order valence-electron chi connectivity index (χ2n) is 8.44. The van der Waals surface area contributed by atoms with Crippen LogP contribution in [0, 0.1) is 6.92 Å². The van der Waals surface area contributed by atoms with Crippen LogP contribution < -0.4 is 0 Å². The first-order valence-electron chi connectivity index (χ1n) is 8.81. The highest BCUT2D eigenvalue weighted by Crippen LogP contribution is 2.51. The summed E-state index contributed by atoms with van der Waals surface area (Å²) >= 11 is 0. The van der Waals surface area contributed by atoms with Crippen LogP contribution in [0.15, 0.2) is 36.5 Å². The lowest BCUT2D eigenvalue weighted by Gasteiger charge is -2.46. The van der Waals surface area contributed by atoms with Gasteiger partial charge in [-0.25, -0.2) is 4.98 Å². The molecule has 0 saturated carbocycles. The standard InChI is InChI=1S/C22H22N2O/c1-12-6-9-16-19-18(12)14-8-7-13(25)10-15(14)20-23-11-17(24(19)20)22(4,5)21(16,2)3/h6-11,25H,1-5H3. The normalized spacial score (nSPS) is 17.8. The summed E-state index contributed by atoms with van der Waals surface area (Å²) in [4.78, 5) is 4.78. The van der Waals surface area contributed by atoms with Crippen LogP contribution in [0.25, 0.3) is 27.3 Å². The van der Waals surface area contributed by atoms with Gasteiger partial charge in [0.15, 0.2) is 0 Å². The zero-order chi connectivity index (χ0) is 17.7. The van der Waals surface area contributed by atoms with E-state index < -0.39 is 0 Å². The van der Waals surface area contributed by atoms with E-state index in [1.165, 1.54) is 27.7 Å². The van der Waals surface area contributed by atoms with Crippen molar-refractivity contribution >= 4 is 27.3 Å². The number of phenols is 1. The van der Waals surface area contributed by atoms with Gasteiger partial charge in [0.05, 0.1) is 5.52 Å². The minimum atomic E-state index is -0.0495. The molecule has 3 nitrogen and oxygen atoms in total. The molecular weight excluding hydrogens is 308 g/mol. The van der Waals surface area contributed by atoms with E-state index in [4.69, 9.17) is 4.98 Å². The molecule has 0 spiro atoms. The van der Waals surface area contributed by atoms with Gasteiger partial charge in [-0.3, -0.25) is 4.40 Å². The van der Waals surface area contributed by atoms with Crippen molar-refractivity contribution in [2.45, 2.75) is 45.4 Å². The molecule has 0 atom stereocenters. The molecule has 126 valence electrons. The second kappa shape index (κ2) is 4.16. The third-order valence-electron chi connectivity index (χ3n) is 6.76. The third-order valence-corrected chi connectivity index (χ3v) is 6.76. The Bertz CT molecular complexity index is 1210. The largest absolute Gasteiger partial charge is 0.508 e. The van der Waals surface area contributed by atoms with E-state index in [0.29, 0.717) is 0 Å². The van der Waals surface area contributed by atoms with Crippen molar-refractivity contribution in [2.24, 2.45) is 0 Å². The van der Waals surface area contributed by atoms with E-state index in [1.807, 2.05) is 18.3 Å². The lowest BCUT2D eigenvalue weighted by atomic mass is 9.60. The molecule has 0 saturated heterocycles. The second-order valence-corrected chi connectivity index (χ2v) is 8.44. The molecule has 0 unspecified atom stereocenters. The summed E-state index contributed by atoms with van der Waals surface area (Å²) in [5.74, 6) is 0.281. The number of rotatable bonds is 0. The van der Waals surface area contributed by atoms with Gasteiger partial charge in [-0.1, -0.05) is 39.8 Å². The Morgan fingerprint density at radius 1 is 0.960 bits per heavy atom. The lowest BCUT2D eigenvalue weighted by molar-refractivity contribution is 0.288. The number of aromatic nitrogens is 2. The predicted octanol–water partition coefficient (Wildman–Crippen LogP) is 5.22. The van der Waals surface area contributed by atoms with Crippen molar-refractivity contribution in [3.05, 3.63) is 53.3 Å². The predicted molar refractivity (Wildman–Crippen MR) is 103 cm³/mol. The Morgan fingerprint density at radius 3 is 2.48 bits per heavy atom. The quantitative estimate of drug-likeness (QED) is 0.449. The monoisotopic (exact) mass is 330 g/mol. The number of nitrogens with zero attached hydrogens (tertiary/aromatic N) is 2. The van der Waals surface area contributed by atoms with Crippen molar-refractivity contribution in [1.82, 2.24) is 9.38 Å². The minimum Gasteiger partial charge on any atom is -0.508 e. The number of imidazole rings is 1. The maximum absolute atomic E-state index is 10.1. The summed E-state index contributed by atoms with van der Waals surface area (Å²) in [6, 6.07) is 10.2. The van der Waals surface area contributed by atoms with Gasteiger partial charge < -0.3 is 5.11 Å². The molecule has 1 aliphatic rings. The average molecular weight is 330 g/mol.